The van der Waals surface area contributed by atoms with Gasteiger partial charge in [0.2, 0.25) is 11.8 Å². The van der Waals surface area contributed by atoms with Crippen LogP contribution in [0.25, 0.3) is 0 Å². The van der Waals surface area contributed by atoms with E-state index in [9.17, 15) is 9.59 Å². The number of rotatable bonds is 20. The van der Waals surface area contributed by atoms with E-state index in [1.165, 1.54) is 4.90 Å². The average molecular weight is 931 g/mol. The second-order valence-corrected chi connectivity index (χ2v) is 17.9. The molecule has 354 valence electrons. The number of ether oxygens (including phenoxy) is 2. The number of amides is 3. The standard InChI is InChI=1S/C59H58N6O5/c1-58(2,46-23-11-5-12-24-46)42-61-55(66)54(37-44-32-34-52(35-33-44)69-41-50-31-19-20-36-60-50)64(3)56(67)53(63-57(68)70-40-45-21-9-4-10-22-45)38-51-39-65(43-62-51)59(47-25-13-6-14-26-47,48-27-15-7-16-28-48)49-29-17-8-18-30-49/h4-36,39,43,53-54H,37-38,40-42H2,1-3H3,(H,61,66)(H,63,68)/t53-,54-/m0/s1. The topological polar surface area (TPSA) is 128 Å². The molecular formula is C59H58N6O5. The molecule has 0 spiro atoms. The normalized spacial score (nSPS) is 12.3. The first-order valence-electron chi connectivity index (χ1n) is 23.5. The maximum Gasteiger partial charge on any atom is 0.408 e. The molecule has 0 aliphatic heterocycles. The van der Waals surface area contributed by atoms with Crippen molar-refractivity contribution in [3.63, 3.8) is 0 Å². The third-order valence-corrected chi connectivity index (χ3v) is 12.7. The van der Waals surface area contributed by atoms with E-state index >= 15 is 4.79 Å². The van der Waals surface area contributed by atoms with Crippen LogP contribution in [-0.4, -0.2) is 63.0 Å². The zero-order valence-electron chi connectivity index (χ0n) is 39.7. The molecule has 2 atom stereocenters. The minimum Gasteiger partial charge on any atom is -0.487 e. The van der Waals surface area contributed by atoms with E-state index in [0.717, 1.165) is 39.1 Å². The maximum atomic E-state index is 15.2. The number of hydrogen-bond donors (Lipinski definition) is 2. The molecule has 8 rings (SSSR count). The van der Waals surface area contributed by atoms with Crippen LogP contribution in [0.4, 0.5) is 4.79 Å². The molecule has 2 aromatic heterocycles. The highest BCUT2D eigenvalue weighted by atomic mass is 16.5. The van der Waals surface area contributed by atoms with Gasteiger partial charge in [-0.25, -0.2) is 9.78 Å². The summed E-state index contributed by atoms with van der Waals surface area (Å²) in [6.07, 6.45) is 4.80. The van der Waals surface area contributed by atoms with Crippen LogP contribution in [0.2, 0.25) is 0 Å². The molecule has 0 aliphatic rings. The van der Waals surface area contributed by atoms with Crippen molar-refractivity contribution in [3.05, 3.63) is 258 Å². The Morgan fingerprint density at radius 3 is 1.70 bits per heavy atom. The monoisotopic (exact) mass is 930 g/mol. The fourth-order valence-electron chi connectivity index (χ4n) is 8.76. The van der Waals surface area contributed by atoms with Gasteiger partial charge in [-0.1, -0.05) is 184 Å². The molecule has 0 radical (unpaired) electrons. The highest BCUT2D eigenvalue weighted by molar-refractivity contribution is 5.91. The average Bonchev–Trinajstić information content (AvgIpc) is 3.88. The van der Waals surface area contributed by atoms with Gasteiger partial charge in [-0.2, -0.15) is 0 Å². The maximum absolute atomic E-state index is 15.2. The number of carbonyl (C=O) groups excluding carboxylic acids is 3. The number of nitrogens with one attached hydrogen (secondary N) is 2. The number of nitrogens with zero attached hydrogens (tertiary/aromatic N) is 4. The van der Waals surface area contributed by atoms with Crippen molar-refractivity contribution in [3.8, 4) is 5.75 Å². The third kappa shape index (κ3) is 11.7. The Bertz CT molecular complexity index is 2800. The lowest BCUT2D eigenvalue weighted by atomic mass is 9.77. The summed E-state index contributed by atoms with van der Waals surface area (Å²) in [6.45, 7) is 4.74. The van der Waals surface area contributed by atoms with Gasteiger partial charge < -0.3 is 29.6 Å². The number of carbonyl (C=O) groups is 3. The lowest BCUT2D eigenvalue weighted by molar-refractivity contribution is -0.140. The number of alkyl carbamates (subject to hydrolysis) is 1. The van der Waals surface area contributed by atoms with E-state index in [2.05, 4.69) is 70.4 Å². The highest BCUT2D eigenvalue weighted by Gasteiger charge is 2.39. The van der Waals surface area contributed by atoms with Crippen molar-refractivity contribution >= 4 is 17.9 Å². The zero-order valence-corrected chi connectivity index (χ0v) is 39.7. The minimum atomic E-state index is -1.19. The first-order chi connectivity index (χ1) is 34.1. The van der Waals surface area contributed by atoms with Gasteiger partial charge in [0.05, 0.1) is 17.7 Å². The summed E-state index contributed by atoms with van der Waals surface area (Å²) in [6, 6.07) is 60.9. The molecule has 0 bridgehead atoms. The second-order valence-electron chi connectivity index (χ2n) is 17.9. The fraction of sp³-hybridized carbons (Fsp3) is 0.203. The molecule has 0 saturated carbocycles. The number of pyridine rings is 1. The Balaban J connectivity index is 1.11. The Morgan fingerprint density at radius 2 is 1.14 bits per heavy atom. The van der Waals surface area contributed by atoms with Gasteiger partial charge in [-0.05, 0) is 57.6 Å². The van der Waals surface area contributed by atoms with E-state index in [0.29, 0.717) is 24.6 Å². The van der Waals surface area contributed by atoms with E-state index in [1.807, 2.05) is 164 Å². The molecule has 11 nitrogen and oxygen atoms in total. The number of imidazole rings is 1. The predicted octanol–water partition coefficient (Wildman–Crippen LogP) is 9.70. The van der Waals surface area contributed by atoms with Gasteiger partial charge in [-0.3, -0.25) is 14.6 Å². The molecule has 8 aromatic rings. The van der Waals surface area contributed by atoms with Crippen LogP contribution in [0, 0.1) is 0 Å². The van der Waals surface area contributed by atoms with Crippen LogP contribution >= 0.6 is 0 Å². The number of benzene rings is 6. The van der Waals surface area contributed by atoms with E-state index in [1.54, 1.807) is 19.6 Å². The second kappa shape index (κ2) is 22.7. The number of likely N-dealkylation sites (N-methyl/N-ethyl adjacent to an activating group) is 1. The predicted molar refractivity (Wildman–Crippen MR) is 272 cm³/mol. The number of aromatic nitrogens is 3. The van der Waals surface area contributed by atoms with Crippen LogP contribution in [0.3, 0.4) is 0 Å². The Labute approximate surface area is 410 Å². The Kier molecular flexibility index (Phi) is 15.6. The Morgan fingerprint density at radius 1 is 0.600 bits per heavy atom. The summed E-state index contributed by atoms with van der Waals surface area (Å²) in [7, 11) is 1.60. The van der Waals surface area contributed by atoms with Crippen LogP contribution in [-0.2, 0) is 51.3 Å². The first kappa shape index (κ1) is 48.2. The van der Waals surface area contributed by atoms with Gasteiger partial charge >= 0.3 is 6.09 Å². The SMILES string of the molecule is CN(C(=O)[C@H](Cc1cn(C(c2ccccc2)(c2ccccc2)c2ccccc2)cn1)NC(=O)OCc1ccccc1)[C@@H](Cc1ccc(OCc2ccccn2)cc1)C(=O)NCC(C)(C)c1ccccc1. The molecule has 2 heterocycles. The summed E-state index contributed by atoms with van der Waals surface area (Å²) in [4.78, 5) is 54.2. The highest BCUT2D eigenvalue weighted by Crippen LogP contribution is 2.41. The fourth-order valence-corrected chi connectivity index (χ4v) is 8.76. The lowest BCUT2D eigenvalue weighted by Gasteiger charge is -2.37. The van der Waals surface area contributed by atoms with Crippen LogP contribution in [0.5, 0.6) is 5.75 Å². The van der Waals surface area contributed by atoms with Crippen LogP contribution in [0.15, 0.2) is 213 Å². The molecule has 0 unspecified atom stereocenters. The van der Waals surface area contributed by atoms with Crippen molar-refractivity contribution in [2.75, 3.05) is 13.6 Å². The van der Waals surface area contributed by atoms with Crippen molar-refractivity contribution < 1.29 is 23.9 Å². The molecule has 3 amide bonds. The zero-order chi connectivity index (χ0) is 48.8. The van der Waals surface area contributed by atoms with Gasteiger partial charge in [0.25, 0.3) is 0 Å². The van der Waals surface area contributed by atoms with Gasteiger partial charge in [0, 0.05) is 44.2 Å². The van der Waals surface area contributed by atoms with E-state index in [4.69, 9.17) is 14.5 Å². The smallest absolute Gasteiger partial charge is 0.408 e. The number of hydrogen-bond acceptors (Lipinski definition) is 7. The van der Waals surface area contributed by atoms with Crippen molar-refractivity contribution in [1.82, 2.24) is 30.1 Å². The molecule has 70 heavy (non-hydrogen) atoms. The summed E-state index contributed by atoms with van der Waals surface area (Å²) in [5.41, 5.74) is 5.72. The lowest BCUT2D eigenvalue weighted by Crippen LogP contribution is -2.56. The summed E-state index contributed by atoms with van der Waals surface area (Å²) >= 11 is 0. The van der Waals surface area contributed by atoms with Gasteiger partial charge in [-0.15, -0.1) is 0 Å². The Hall–Kier alpha value is -8.31. The van der Waals surface area contributed by atoms with Gasteiger partial charge in [0.1, 0.15) is 36.6 Å². The van der Waals surface area contributed by atoms with E-state index < -0.39 is 35.0 Å². The first-order valence-corrected chi connectivity index (χ1v) is 23.5. The molecule has 0 saturated heterocycles. The largest absolute Gasteiger partial charge is 0.487 e. The molecule has 6 aromatic carbocycles. The summed E-state index contributed by atoms with van der Waals surface area (Å²) in [5, 5.41) is 6.04. The molecular weight excluding hydrogens is 873 g/mol. The van der Waals surface area contributed by atoms with Crippen LogP contribution < -0.4 is 15.4 Å². The third-order valence-electron chi connectivity index (χ3n) is 12.7. The quantitative estimate of drug-likeness (QED) is 0.0729. The van der Waals surface area contributed by atoms with Crippen molar-refractivity contribution in [2.45, 2.75) is 62.9 Å². The summed E-state index contributed by atoms with van der Waals surface area (Å²) < 4.78 is 13.8. The minimum absolute atomic E-state index is 0.00437. The molecule has 0 fully saturated rings. The van der Waals surface area contributed by atoms with Crippen molar-refractivity contribution in [1.29, 1.82) is 0 Å². The molecule has 11 heteroatoms. The van der Waals surface area contributed by atoms with E-state index in [-0.39, 0.29) is 25.4 Å². The van der Waals surface area contributed by atoms with Gasteiger partial charge in [0.15, 0.2) is 0 Å². The van der Waals surface area contributed by atoms with Crippen molar-refractivity contribution in [2.24, 2.45) is 0 Å². The molecule has 2 N–H and O–H groups in total. The summed E-state index contributed by atoms with van der Waals surface area (Å²) in [5.74, 6) is -0.203. The molecule has 0 aliphatic carbocycles. The van der Waals surface area contributed by atoms with Crippen LogP contribution in [0.1, 0.15) is 58.6 Å².